The summed E-state index contributed by atoms with van der Waals surface area (Å²) in [6, 6.07) is 16.4. The van der Waals surface area contributed by atoms with Crippen LogP contribution in [0.1, 0.15) is 36.1 Å². The normalized spacial score (nSPS) is 19.8. The summed E-state index contributed by atoms with van der Waals surface area (Å²) in [7, 11) is 0. The van der Waals surface area contributed by atoms with E-state index in [-0.39, 0.29) is 24.1 Å². The molecule has 188 valence electrons. The van der Waals surface area contributed by atoms with E-state index in [1.807, 2.05) is 31.2 Å². The van der Waals surface area contributed by atoms with Gasteiger partial charge < -0.3 is 19.7 Å². The topological polar surface area (TPSA) is 62.2 Å². The summed E-state index contributed by atoms with van der Waals surface area (Å²) in [5, 5.41) is 19.7. The molecule has 7 heteroatoms. The van der Waals surface area contributed by atoms with Gasteiger partial charge in [-0.3, -0.25) is 9.29 Å². The van der Waals surface area contributed by atoms with Crippen molar-refractivity contribution in [1.82, 2.24) is 4.90 Å². The molecule has 2 aliphatic heterocycles. The van der Waals surface area contributed by atoms with Gasteiger partial charge in [-0.1, -0.05) is 12.1 Å². The Labute approximate surface area is 209 Å². The van der Waals surface area contributed by atoms with Gasteiger partial charge in [-0.25, -0.2) is 4.39 Å². The Morgan fingerprint density at radius 2 is 1.72 bits per heavy atom. The summed E-state index contributed by atoms with van der Waals surface area (Å²) >= 11 is 0. The second-order valence-corrected chi connectivity index (χ2v) is 9.41. The molecular formula is C29H29F2NO4. The van der Waals surface area contributed by atoms with Gasteiger partial charge in [0.05, 0.1) is 6.67 Å². The first-order valence-corrected chi connectivity index (χ1v) is 12.1. The van der Waals surface area contributed by atoms with E-state index in [0.717, 1.165) is 48.8 Å². The highest BCUT2D eigenvalue weighted by molar-refractivity contribution is 5.95. The van der Waals surface area contributed by atoms with Gasteiger partial charge in [0.25, 0.3) is 0 Å². The molecule has 2 aliphatic rings. The van der Waals surface area contributed by atoms with Crippen molar-refractivity contribution in [2.24, 2.45) is 5.92 Å². The molecule has 5 nitrogen and oxygen atoms in total. The maximum Gasteiger partial charge on any atom is 0.150 e. The molecule has 2 unspecified atom stereocenters. The minimum Gasteiger partial charge on any atom is -0.508 e. The van der Waals surface area contributed by atoms with Gasteiger partial charge in [-0.15, -0.1) is 0 Å². The molecular weight excluding hydrogens is 464 g/mol. The minimum atomic E-state index is -0.630. The third-order valence-corrected chi connectivity index (χ3v) is 6.97. The van der Waals surface area contributed by atoms with Crippen molar-refractivity contribution in [2.75, 3.05) is 32.9 Å². The fraction of sp³-hybridized carbons (Fsp3) is 0.310. The SMILES string of the molecule is CC1=C(c2ccc(O)cc2F)C(c2ccc(OCCN3CCC(CF)C3)cc2)Oc2cc(O)ccc21. The van der Waals surface area contributed by atoms with Crippen molar-refractivity contribution in [3.8, 4) is 23.0 Å². The van der Waals surface area contributed by atoms with E-state index in [9.17, 15) is 19.0 Å². The summed E-state index contributed by atoms with van der Waals surface area (Å²) in [5.41, 5.74) is 3.37. The fourth-order valence-electron chi connectivity index (χ4n) is 5.02. The summed E-state index contributed by atoms with van der Waals surface area (Å²) < 4.78 is 40.0. The quantitative estimate of drug-likeness (QED) is 0.425. The predicted molar refractivity (Wildman–Crippen MR) is 134 cm³/mol. The molecule has 2 N–H and O–H groups in total. The van der Waals surface area contributed by atoms with Crippen molar-refractivity contribution in [2.45, 2.75) is 19.4 Å². The monoisotopic (exact) mass is 493 g/mol. The minimum absolute atomic E-state index is 0.0825. The number of halogens is 2. The first-order chi connectivity index (χ1) is 17.4. The van der Waals surface area contributed by atoms with Gasteiger partial charge in [-0.05, 0) is 67.4 Å². The van der Waals surface area contributed by atoms with Crippen LogP contribution in [0.2, 0.25) is 0 Å². The Morgan fingerprint density at radius 3 is 2.42 bits per heavy atom. The van der Waals surface area contributed by atoms with Crippen LogP contribution in [0.25, 0.3) is 11.1 Å². The number of fused-ring (bicyclic) bond motifs is 1. The number of nitrogens with zero attached hydrogens (tertiary/aromatic N) is 1. The highest BCUT2D eigenvalue weighted by Gasteiger charge is 2.31. The lowest BCUT2D eigenvalue weighted by atomic mass is 9.86. The van der Waals surface area contributed by atoms with Gasteiger partial charge in [0.2, 0.25) is 0 Å². The number of hydrogen-bond acceptors (Lipinski definition) is 5. The lowest BCUT2D eigenvalue weighted by molar-refractivity contribution is 0.228. The van der Waals surface area contributed by atoms with Crippen LogP contribution in [0.3, 0.4) is 0 Å². The Hall–Kier alpha value is -3.58. The second-order valence-electron chi connectivity index (χ2n) is 9.41. The maximum absolute atomic E-state index is 15.0. The van der Waals surface area contributed by atoms with E-state index >= 15 is 0 Å². The van der Waals surface area contributed by atoms with E-state index in [2.05, 4.69) is 4.90 Å². The Bertz CT molecular complexity index is 1270. The Balaban J connectivity index is 1.39. The molecule has 2 atom stereocenters. The average molecular weight is 494 g/mol. The molecule has 3 aromatic carbocycles. The zero-order chi connectivity index (χ0) is 25.2. The van der Waals surface area contributed by atoms with Crippen LogP contribution in [-0.4, -0.2) is 48.0 Å². The Kier molecular flexibility index (Phi) is 6.83. The number of aromatic hydroxyl groups is 2. The first-order valence-electron chi connectivity index (χ1n) is 12.1. The van der Waals surface area contributed by atoms with Crippen LogP contribution >= 0.6 is 0 Å². The lowest BCUT2D eigenvalue weighted by Gasteiger charge is -2.31. The van der Waals surface area contributed by atoms with E-state index in [4.69, 9.17) is 9.47 Å². The third kappa shape index (κ3) is 4.88. The van der Waals surface area contributed by atoms with Gasteiger partial charge >= 0.3 is 0 Å². The van der Waals surface area contributed by atoms with Gasteiger partial charge in [0.15, 0.2) is 0 Å². The number of phenolic OH excluding ortho intramolecular Hbond substituents is 2. The van der Waals surface area contributed by atoms with Crippen molar-refractivity contribution in [1.29, 1.82) is 0 Å². The molecule has 1 fully saturated rings. The number of benzene rings is 3. The number of alkyl halides is 1. The molecule has 0 aliphatic carbocycles. The summed E-state index contributed by atoms with van der Waals surface area (Å²) in [5.74, 6) is 0.737. The van der Waals surface area contributed by atoms with Gasteiger partial charge in [0.1, 0.15) is 41.5 Å². The molecule has 0 amide bonds. The first kappa shape index (κ1) is 24.1. The number of likely N-dealkylation sites (tertiary alicyclic amines) is 1. The number of ether oxygens (including phenoxy) is 2. The van der Waals surface area contributed by atoms with E-state index in [0.29, 0.717) is 29.2 Å². The summed E-state index contributed by atoms with van der Waals surface area (Å²) in [6.07, 6.45) is 0.263. The number of phenols is 2. The van der Waals surface area contributed by atoms with Gasteiger partial charge in [0, 0.05) is 47.8 Å². The highest BCUT2D eigenvalue weighted by Crippen LogP contribution is 2.48. The second kappa shape index (κ2) is 10.2. The van der Waals surface area contributed by atoms with Crippen LogP contribution in [0.4, 0.5) is 8.78 Å². The Morgan fingerprint density at radius 1 is 1.00 bits per heavy atom. The van der Waals surface area contributed by atoms with E-state index in [1.165, 1.54) is 6.07 Å². The molecule has 1 saturated heterocycles. The van der Waals surface area contributed by atoms with Crippen LogP contribution < -0.4 is 9.47 Å². The largest absolute Gasteiger partial charge is 0.508 e. The number of allylic oxidation sites excluding steroid dienone is 1. The predicted octanol–water partition coefficient (Wildman–Crippen LogP) is 5.97. The zero-order valence-electron chi connectivity index (χ0n) is 20.1. The van der Waals surface area contributed by atoms with E-state index < -0.39 is 11.9 Å². The molecule has 5 rings (SSSR count). The van der Waals surface area contributed by atoms with Crippen molar-refractivity contribution in [3.05, 3.63) is 83.2 Å². The smallest absolute Gasteiger partial charge is 0.150 e. The third-order valence-electron chi connectivity index (χ3n) is 6.97. The average Bonchev–Trinajstić information content (AvgIpc) is 3.33. The summed E-state index contributed by atoms with van der Waals surface area (Å²) in [4.78, 5) is 2.22. The van der Waals surface area contributed by atoms with Gasteiger partial charge in [-0.2, -0.15) is 0 Å². The van der Waals surface area contributed by atoms with Crippen LogP contribution in [0, 0.1) is 11.7 Å². The molecule has 0 saturated carbocycles. The fourth-order valence-corrected chi connectivity index (χ4v) is 5.02. The summed E-state index contributed by atoms with van der Waals surface area (Å²) in [6.45, 7) is 4.56. The molecule has 2 heterocycles. The molecule has 0 radical (unpaired) electrons. The number of rotatable bonds is 7. The maximum atomic E-state index is 15.0. The van der Waals surface area contributed by atoms with Crippen LogP contribution in [0.5, 0.6) is 23.0 Å². The molecule has 3 aromatic rings. The van der Waals surface area contributed by atoms with Crippen molar-refractivity contribution < 1.29 is 28.5 Å². The standard InChI is InChI=1S/C29H29F2NO4/c1-18-24-8-4-22(34)15-27(24)36-29(28(18)25-9-5-21(33)14-26(25)31)20-2-6-23(7-3-20)35-13-12-32-11-10-19(16-30)17-32/h2-9,14-15,19,29,33-34H,10-13,16-17H2,1H3. The van der Waals surface area contributed by atoms with Crippen LogP contribution in [0.15, 0.2) is 60.7 Å². The lowest BCUT2D eigenvalue weighted by Crippen LogP contribution is -2.26. The molecule has 0 aromatic heterocycles. The van der Waals surface area contributed by atoms with Crippen LogP contribution in [-0.2, 0) is 0 Å². The van der Waals surface area contributed by atoms with Crippen molar-refractivity contribution in [3.63, 3.8) is 0 Å². The van der Waals surface area contributed by atoms with E-state index in [1.54, 1.807) is 24.3 Å². The van der Waals surface area contributed by atoms with Crippen molar-refractivity contribution >= 4 is 11.1 Å². The molecule has 0 bridgehead atoms. The molecule has 0 spiro atoms. The highest BCUT2D eigenvalue weighted by atomic mass is 19.1. The number of hydrogen-bond donors (Lipinski definition) is 2. The zero-order valence-corrected chi connectivity index (χ0v) is 20.1. The molecule has 36 heavy (non-hydrogen) atoms.